The molecule has 0 radical (unpaired) electrons. The van der Waals surface area contributed by atoms with Gasteiger partial charge in [-0.05, 0) is 13.8 Å². The summed E-state index contributed by atoms with van der Waals surface area (Å²) in [6, 6.07) is 0. The number of nitrogens with zero attached hydrogens (tertiary/aromatic N) is 4. The Labute approximate surface area is 88.3 Å². The maximum atomic E-state index is 5.87. The molecule has 0 amide bonds. The van der Waals surface area contributed by atoms with Crippen molar-refractivity contribution in [3.8, 4) is 0 Å². The highest BCUT2D eigenvalue weighted by Crippen LogP contribution is 2.17. The van der Waals surface area contributed by atoms with Crippen LogP contribution in [-0.2, 0) is 0 Å². The number of hydrogen-bond acceptors (Lipinski definition) is 5. The van der Waals surface area contributed by atoms with E-state index >= 15 is 0 Å². The fourth-order valence-corrected chi connectivity index (χ4v) is 0.985. The molecule has 0 aliphatic heterocycles. The summed E-state index contributed by atoms with van der Waals surface area (Å²) in [6.45, 7) is 4.61. The SMILES string of the molecule is CCN(C)c1nc(N)nc(C(C)Cl)n1. The van der Waals surface area contributed by atoms with Gasteiger partial charge in [0.2, 0.25) is 11.9 Å². The summed E-state index contributed by atoms with van der Waals surface area (Å²) in [6.07, 6.45) is 0. The summed E-state index contributed by atoms with van der Waals surface area (Å²) in [5.74, 6) is 1.27. The molecule has 14 heavy (non-hydrogen) atoms. The van der Waals surface area contributed by atoms with Gasteiger partial charge in [0, 0.05) is 13.6 Å². The highest BCUT2D eigenvalue weighted by molar-refractivity contribution is 6.20. The molecular weight excluding hydrogens is 202 g/mol. The van der Waals surface area contributed by atoms with Crippen molar-refractivity contribution in [3.05, 3.63) is 5.82 Å². The predicted octanol–water partition coefficient (Wildman–Crippen LogP) is 1.21. The highest BCUT2D eigenvalue weighted by Gasteiger charge is 2.10. The van der Waals surface area contributed by atoms with Crippen LogP contribution >= 0.6 is 11.6 Å². The average molecular weight is 216 g/mol. The Kier molecular flexibility index (Phi) is 3.46. The molecule has 0 spiro atoms. The van der Waals surface area contributed by atoms with Crippen molar-refractivity contribution in [1.29, 1.82) is 0 Å². The van der Waals surface area contributed by atoms with E-state index in [1.165, 1.54) is 0 Å². The molecule has 6 heteroatoms. The Balaban J connectivity index is 3.07. The number of aromatic nitrogens is 3. The smallest absolute Gasteiger partial charge is 0.230 e. The first kappa shape index (κ1) is 11.0. The third kappa shape index (κ3) is 2.45. The molecule has 1 unspecified atom stereocenters. The van der Waals surface area contributed by atoms with Gasteiger partial charge in [-0.2, -0.15) is 15.0 Å². The molecule has 5 nitrogen and oxygen atoms in total. The quantitative estimate of drug-likeness (QED) is 0.768. The molecule has 0 aliphatic carbocycles. The van der Waals surface area contributed by atoms with Gasteiger partial charge in [-0.3, -0.25) is 0 Å². The largest absolute Gasteiger partial charge is 0.368 e. The Hall–Kier alpha value is -1.10. The van der Waals surface area contributed by atoms with Crippen LogP contribution in [0, 0.1) is 0 Å². The van der Waals surface area contributed by atoms with Gasteiger partial charge in [0.25, 0.3) is 0 Å². The van der Waals surface area contributed by atoms with Crippen molar-refractivity contribution >= 4 is 23.5 Å². The third-order valence-corrected chi connectivity index (χ3v) is 2.02. The molecule has 0 bridgehead atoms. The molecule has 0 saturated carbocycles. The zero-order valence-electron chi connectivity index (χ0n) is 8.53. The number of anilines is 2. The maximum absolute atomic E-state index is 5.87. The molecule has 78 valence electrons. The van der Waals surface area contributed by atoms with Crippen LogP contribution < -0.4 is 10.6 Å². The summed E-state index contributed by atoms with van der Waals surface area (Å²) >= 11 is 5.87. The number of nitrogen functional groups attached to an aromatic ring is 1. The minimum atomic E-state index is -0.260. The van der Waals surface area contributed by atoms with E-state index in [1.807, 2.05) is 18.9 Å². The second-order valence-electron chi connectivity index (χ2n) is 2.98. The van der Waals surface area contributed by atoms with E-state index in [0.717, 1.165) is 6.54 Å². The fourth-order valence-electron chi connectivity index (χ4n) is 0.887. The molecule has 1 heterocycles. The molecule has 1 aromatic heterocycles. The van der Waals surface area contributed by atoms with Crippen molar-refractivity contribution < 1.29 is 0 Å². The van der Waals surface area contributed by atoms with Crippen LogP contribution in [0.5, 0.6) is 0 Å². The number of nitrogens with two attached hydrogens (primary N) is 1. The molecular formula is C8H14ClN5. The van der Waals surface area contributed by atoms with E-state index < -0.39 is 0 Å². The van der Waals surface area contributed by atoms with Crippen molar-refractivity contribution in [2.24, 2.45) is 0 Å². The van der Waals surface area contributed by atoms with Crippen molar-refractivity contribution in [2.75, 3.05) is 24.2 Å². The number of hydrogen-bond donors (Lipinski definition) is 1. The normalized spacial score (nSPS) is 12.6. The summed E-state index contributed by atoms with van der Waals surface area (Å²) in [5, 5.41) is -0.260. The van der Waals surface area contributed by atoms with E-state index in [2.05, 4.69) is 15.0 Å². The molecule has 2 N–H and O–H groups in total. The average Bonchev–Trinajstić information content (AvgIpc) is 2.15. The summed E-state index contributed by atoms with van der Waals surface area (Å²) in [5.41, 5.74) is 5.54. The van der Waals surface area contributed by atoms with Crippen molar-refractivity contribution in [3.63, 3.8) is 0 Å². The van der Waals surface area contributed by atoms with Crippen LogP contribution in [0.3, 0.4) is 0 Å². The molecule has 0 fully saturated rings. The second-order valence-corrected chi connectivity index (χ2v) is 3.64. The topological polar surface area (TPSA) is 67.9 Å². The van der Waals surface area contributed by atoms with Crippen LogP contribution in [-0.4, -0.2) is 28.5 Å². The maximum Gasteiger partial charge on any atom is 0.230 e. The lowest BCUT2D eigenvalue weighted by atomic mass is 10.4. The van der Waals surface area contributed by atoms with Crippen molar-refractivity contribution in [2.45, 2.75) is 19.2 Å². The van der Waals surface area contributed by atoms with E-state index in [9.17, 15) is 0 Å². The Morgan fingerprint density at radius 1 is 1.43 bits per heavy atom. The fraction of sp³-hybridized carbons (Fsp3) is 0.625. The minimum Gasteiger partial charge on any atom is -0.368 e. The van der Waals surface area contributed by atoms with Crippen LogP contribution in [0.1, 0.15) is 25.0 Å². The number of alkyl halides is 1. The molecule has 1 aromatic rings. The predicted molar refractivity (Wildman–Crippen MR) is 57.5 cm³/mol. The zero-order valence-corrected chi connectivity index (χ0v) is 9.28. The Morgan fingerprint density at radius 3 is 2.57 bits per heavy atom. The van der Waals surface area contributed by atoms with E-state index in [-0.39, 0.29) is 11.3 Å². The van der Waals surface area contributed by atoms with Gasteiger partial charge >= 0.3 is 0 Å². The molecule has 0 saturated heterocycles. The number of halogens is 1. The van der Waals surface area contributed by atoms with Crippen LogP contribution in [0.2, 0.25) is 0 Å². The lowest BCUT2D eigenvalue weighted by Gasteiger charge is -2.15. The van der Waals surface area contributed by atoms with Gasteiger partial charge in [-0.25, -0.2) is 0 Å². The minimum absolute atomic E-state index is 0.206. The van der Waals surface area contributed by atoms with Gasteiger partial charge in [0.1, 0.15) is 0 Å². The van der Waals surface area contributed by atoms with Gasteiger partial charge < -0.3 is 10.6 Å². The van der Waals surface area contributed by atoms with Gasteiger partial charge in [0.15, 0.2) is 5.82 Å². The first-order valence-corrected chi connectivity index (χ1v) is 4.85. The zero-order chi connectivity index (χ0) is 10.7. The van der Waals surface area contributed by atoms with Gasteiger partial charge in [0.05, 0.1) is 5.38 Å². The lowest BCUT2D eigenvalue weighted by Crippen LogP contribution is -2.20. The summed E-state index contributed by atoms with van der Waals surface area (Å²) in [4.78, 5) is 14.0. The first-order valence-electron chi connectivity index (χ1n) is 4.41. The first-order chi connectivity index (χ1) is 6.54. The summed E-state index contributed by atoms with van der Waals surface area (Å²) in [7, 11) is 1.89. The van der Waals surface area contributed by atoms with E-state index in [4.69, 9.17) is 17.3 Å². The Bertz CT molecular complexity index is 315. The van der Waals surface area contributed by atoms with Crippen LogP contribution in [0.25, 0.3) is 0 Å². The van der Waals surface area contributed by atoms with Crippen LogP contribution in [0.4, 0.5) is 11.9 Å². The van der Waals surface area contributed by atoms with E-state index in [0.29, 0.717) is 11.8 Å². The van der Waals surface area contributed by atoms with Crippen LogP contribution in [0.15, 0.2) is 0 Å². The van der Waals surface area contributed by atoms with Gasteiger partial charge in [-0.1, -0.05) is 0 Å². The standard InChI is InChI=1S/C8H14ClN5/c1-4-14(3)8-12-6(5(2)9)11-7(10)13-8/h5H,4H2,1-3H3,(H2,10,11,12,13). The van der Waals surface area contributed by atoms with Gasteiger partial charge in [-0.15, -0.1) is 11.6 Å². The Morgan fingerprint density at radius 2 is 2.07 bits per heavy atom. The lowest BCUT2D eigenvalue weighted by molar-refractivity contribution is 0.831. The van der Waals surface area contributed by atoms with Crippen molar-refractivity contribution in [1.82, 2.24) is 15.0 Å². The molecule has 1 atom stereocenters. The second kappa shape index (κ2) is 4.41. The molecule has 0 aliphatic rings. The summed E-state index contributed by atoms with van der Waals surface area (Å²) < 4.78 is 0. The monoisotopic (exact) mass is 215 g/mol. The highest BCUT2D eigenvalue weighted by atomic mass is 35.5. The molecule has 0 aromatic carbocycles. The van der Waals surface area contributed by atoms with E-state index in [1.54, 1.807) is 6.92 Å². The third-order valence-electron chi connectivity index (χ3n) is 1.83. The number of rotatable bonds is 3. The molecule has 1 rings (SSSR count).